The van der Waals surface area contributed by atoms with Gasteiger partial charge in [-0.2, -0.15) is 0 Å². The summed E-state index contributed by atoms with van der Waals surface area (Å²) in [5.74, 6) is 1.18. The van der Waals surface area contributed by atoms with Crippen molar-refractivity contribution in [1.82, 2.24) is 10.1 Å². The Morgan fingerprint density at radius 3 is 2.74 bits per heavy atom. The summed E-state index contributed by atoms with van der Waals surface area (Å²) in [7, 11) is 0. The molecule has 0 fully saturated rings. The first kappa shape index (κ1) is 13.0. The molecule has 1 N–H and O–H groups in total. The number of nitrogens with one attached hydrogen (secondary N) is 1. The van der Waals surface area contributed by atoms with Gasteiger partial charge in [-0.3, -0.25) is 10.1 Å². The van der Waals surface area contributed by atoms with E-state index >= 15 is 0 Å². The zero-order valence-corrected chi connectivity index (χ0v) is 10.9. The molecular formula is C12H14N4O3. The fraction of sp³-hybridized carbons (Fsp3) is 0.333. The molecule has 0 saturated heterocycles. The summed E-state index contributed by atoms with van der Waals surface area (Å²) < 4.78 is 5.05. The molecule has 0 atom stereocenters. The van der Waals surface area contributed by atoms with Gasteiger partial charge in [-0.25, -0.2) is 4.98 Å². The molecule has 0 aromatic carbocycles. The van der Waals surface area contributed by atoms with Crippen LogP contribution in [0.25, 0.3) is 0 Å². The van der Waals surface area contributed by atoms with E-state index in [0.29, 0.717) is 17.9 Å². The van der Waals surface area contributed by atoms with E-state index in [0.717, 1.165) is 17.0 Å². The molecule has 7 nitrogen and oxygen atoms in total. The van der Waals surface area contributed by atoms with E-state index in [1.807, 2.05) is 13.8 Å². The molecule has 0 radical (unpaired) electrons. The molecule has 0 spiro atoms. The topological polar surface area (TPSA) is 94.1 Å². The van der Waals surface area contributed by atoms with Crippen molar-refractivity contribution in [2.45, 2.75) is 27.3 Å². The Morgan fingerprint density at radius 2 is 2.16 bits per heavy atom. The fourth-order valence-corrected chi connectivity index (χ4v) is 1.74. The van der Waals surface area contributed by atoms with Crippen molar-refractivity contribution >= 4 is 11.5 Å². The van der Waals surface area contributed by atoms with E-state index in [2.05, 4.69) is 15.5 Å². The average Bonchev–Trinajstić information content (AvgIpc) is 2.68. The highest BCUT2D eigenvalue weighted by Crippen LogP contribution is 2.21. The van der Waals surface area contributed by atoms with Crippen molar-refractivity contribution in [3.05, 3.63) is 45.0 Å². The maximum Gasteiger partial charge on any atom is 0.277 e. The van der Waals surface area contributed by atoms with E-state index in [4.69, 9.17) is 4.52 Å². The summed E-state index contributed by atoms with van der Waals surface area (Å²) in [5.41, 5.74) is 2.32. The molecule has 2 aromatic heterocycles. The molecule has 2 rings (SSSR count). The molecule has 0 aliphatic rings. The van der Waals surface area contributed by atoms with Gasteiger partial charge in [0.25, 0.3) is 5.69 Å². The van der Waals surface area contributed by atoms with Crippen molar-refractivity contribution < 1.29 is 9.45 Å². The quantitative estimate of drug-likeness (QED) is 0.672. The van der Waals surface area contributed by atoms with Crippen LogP contribution in [0, 0.1) is 30.9 Å². The Balaban J connectivity index is 2.16. The number of rotatable bonds is 4. The van der Waals surface area contributed by atoms with Gasteiger partial charge in [0.2, 0.25) is 0 Å². The number of nitrogens with zero attached hydrogens (tertiary/aromatic N) is 3. The molecule has 0 saturated carbocycles. The third kappa shape index (κ3) is 2.70. The van der Waals surface area contributed by atoms with Crippen molar-refractivity contribution in [3.63, 3.8) is 0 Å². The molecule has 0 bridgehead atoms. The van der Waals surface area contributed by atoms with Crippen LogP contribution < -0.4 is 5.32 Å². The summed E-state index contributed by atoms with van der Waals surface area (Å²) in [6.45, 7) is 5.79. The summed E-state index contributed by atoms with van der Waals surface area (Å²) in [4.78, 5) is 14.5. The van der Waals surface area contributed by atoms with Crippen LogP contribution in [0.3, 0.4) is 0 Å². The van der Waals surface area contributed by atoms with Gasteiger partial charge in [-0.15, -0.1) is 0 Å². The van der Waals surface area contributed by atoms with Crippen LogP contribution in [0.15, 0.2) is 16.8 Å². The highest BCUT2D eigenvalue weighted by molar-refractivity contribution is 5.49. The predicted octanol–water partition coefficient (Wildman–Crippen LogP) is 2.52. The number of nitro groups is 1. The molecular weight excluding hydrogens is 248 g/mol. The van der Waals surface area contributed by atoms with Crippen LogP contribution in [-0.2, 0) is 6.54 Å². The smallest absolute Gasteiger partial charge is 0.277 e. The zero-order chi connectivity index (χ0) is 14.0. The van der Waals surface area contributed by atoms with Gasteiger partial charge in [0, 0.05) is 23.9 Å². The second-order valence-corrected chi connectivity index (χ2v) is 4.27. The maximum absolute atomic E-state index is 10.8. The third-order valence-corrected chi connectivity index (χ3v) is 2.90. The Morgan fingerprint density at radius 1 is 1.42 bits per heavy atom. The van der Waals surface area contributed by atoms with Crippen molar-refractivity contribution in [1.29, 1.82) is 0 Å². The van der Waals surface area contributed by atoms with Crippen LogP contribution in [0.2, 0.25) is 0 Å². The Labute approximate surface area is 109 Å². The van der Waals surface area contributed by atoms with Crippen molar-refractivity contribution in [2.24, 2.45) is 0 Å². The normalized spacial score (nSPS) is 10.5. The second-order valence-electron chi connectivity index (χ2n) is 4.27. The lowest BCUT2D eigenvalue weighted by Gasteiger charge is -2.05. The van der Waals surface area contributed by atoms with Gasteiger partial charge < -0.3 is 9.84 Å². The molecule has 0 aliphatic carbocycles. The Bertz CT molecular complexity index is 602. The van der Waals surface area contributed by atoms with E-state index in [1.165, 1.54) is 12.3 Å². The largest absolute Gasteiger partial charge is 0.366 e. The minimum Gasteiger partial charge on any atom is -0.366 e. The first-order chi connectivity index (χ1) is 8.99. The monoisotopic (exact) mass is 262 g/mol. The maximum atomic E-state index is 10.8. The lowest BCUT2D eigenvalue weighted by molar-refractivity contribution is -0.385. The summed E-state index contributed by atoms with van der Waals surface area (Å²) in [6, 6.07) is 1.42. The average molecular weight is 262 g/mol. The van der Waals surface area contributed by atoms with Gasteiger partial charge in [0.05, 0.1) is 16.7 Å². The van der Waals surface area contributed by atoms with Gasteiger partial charge in [0.15, 0.2) is 0 Å². The molecule has 0 amide bonds. The van der Waals surface area contributed by atoms with Crippen LogP contribution in [0.1, 0.15) is 22.6 Å². The zero-order valence-electron chi connectivity index (χ0n) is 10.9. The van der Waals surface area contributed by atoms with E-state index < -0.39 is 4.92 Å². The molecule has 7 heteroatoms. The third-order valence-electron chi connectivity index (χ3n) is 2.90. The number of pyridine rings is 1. The SMILES string of the molecule is Cc1cnc(NCc2c(C)noc2C)cc1[N+](=O)[O-]. The van der Waals surface area contributed by atoms with E-state index in [1.54, 1.807) is 6.92 Å². The number of anilines is 1. The Kier molecular flexibility index (Phi) is 3.46. The molecule has 2 aromatic rings. The Hall–Kier alpha value is -2.44. The van der Waals surface area contributed by atoms with Crippen LogP contribution >= 0.6 is 0 Å². The molecule has 100 valence electrons. The van der Waals surface area contributed by atoms with Gasteiger partial charge in [-0.1, -0.05) is 5.16 Å². The number of aryl methyl sites for hydroxylation is 3. The molecule has 19 heavy (non-hydrogen) atoms. The first-order valence-corrected chi connectivity index (χ1v) is 5.75. The van der Waals surface area contributed by atoms with Crippen LogP contribution in [0.4, 0.5) is 11.5 Å². The van der Waals surface area contributed by atoms with Gasteiger partial charge in [-0.05, 0) is 20.8 Å². The van der Waals surface area contributed by atoms with Gasteiger partial charge >= 0.3 is 0 Å². The number of hydrogen-bond acceptors (Lipinski definition) is 6. The van der Waals surface area contributed by atoms with E-state index in [-0.39, 0.29) is 5.69 Å². The van der Waals surface area contributed by atoms with Gasteiger partial charge in [0.1, 0.15) is 11.6 Å². The van der Waals surface area contributed by atoms with Crippen LogP contribution in [0.5, 0.6) is 0 Å². The van der Waals surface area contributed by atoms with Crippen molar-refractivity contribution in [2.75, 3.05) is 5.32 Å². The molecule has 2 heterocycles. The minimum absolute atomic E-state index is 0.0521. The first-order valence-electron chi connectivity index (χ1n) is 5.75. The summed E-state index contributed by atoms with van der Waals surface area (Å²) >= 11 is 0. The van der Waals surface area contributed by atoms with E-state index in [9.17, 15) is 10.1 Å². The lowest BCUT2D eigenvalue weighted by atomic mass is 10.2. The standard InChI is InChI=1S/C12H14N4O3/c1-7-5-13-12(4-11(7)16(17)18)14-6-10-8(2)15-19-9(10)3/h4-5H,6H2,1-3H3,(H,13,14). The fourth-order valence-electron chi connectivity index (χ4n) is 1.74. The predicted molar refractivity (Wildman–Crippen MR) is 68.9 cm³/mol. The summed E-state index contributed by atoms with van der Waals surface area (Å²) in [5, 5.41) is 17.7. The molecule has 0 unspecified atom stereocenters. The lowest BCUT2D eigenvalue weighted by Crippen LogP contribution is -2.04. The molecule has 0 aliphatic heterocycles. The highest BCUT2D eigenvalue weighted by atomic mass is 16.6. The van der Waals surface area contributed by atoms with Crippen LogP contribution in [-0.4, -0.2) is 15.1 Å². The number of hydrogen-bond donors (Lipinski definition) is 1. The highest BCUT2D eigenvalue weighted by Gasteiger charge is 2.13. The number of aromatic nitrogens is 2. The summed E-state index contributed by atoms with van der Waals surface area (Å²) in [6.07, 6.45) is 1.48. The second kappa shape index (κ2) is 5.05. The minimum atomic E-state index is -0.419. The van der Waals surface area contributed by atoms with Crippen molar-refractivity contribution in [3.8, 4) is 0 Å².